The average Bonchev–Trinajstić information content (AvgIpc) is 2.51. The standard InChI is InChI=1S/C16H8F2N2O/c17-11-5-6-13(18)15(7-11)21-16-10(8-19)9-20-14-4-2-1-3-12(14)16/h1-7,9H. The van der Waals surface area contributed by atoms with Crippen molar-refractivity contribution < 1.29 is 13.5 Å². The van der Waals surface area contributed by atoms with Crippen LogP contribution in [0.5, 0.6) is 11.5 Å². The van der Waals surface area contributed by atoms with Gasteiger partial charge in [-0.2, -0.15) is 5.26 Å². The molecule has 1 heterocycles. The molecule has 0 fully saturated rings. The average molecular weight is 282 g/mol. The summed E-state index contributed by atoms with van der Waals surface area (Å²) in [5, 5.41) is 9.70. The summed E-state index contributed by atoms with van der Waals surface area (Å²) in [4.78, 5) is 4.12. The highest BCUT2D eigenvalue weighted by Crippen LogP contribution is 2.33. The molecule has 1 aromatic heterocycles. The summed E-state index contributed by atoms with van der Waals surface area (Å²) in [7, 11) is 0. The van der Waals surface area contributed by atoms with Crippen molar-refractivity contribution in [3.8, 4) is 17.6 Å². The molecule has 3 aromatic rings. The van der Waals surface area contributed by atoms with Crippen LogP contribution >= 0.6 is 0 Å². The van der Waals surface area contributed by atoms with E-state index in [1.165, 1.54) is 6.20 Å². The Balaban J connectivity index is 2.19. The van der Waals surface area contributed by atoms with Crippen LogP contribution < -0.4 is 4.74 Å². The molecule has 21 heavy (non-hydrogen) atoms. The van der Waals surface area contributed by atoms with Crippen LogP contribution in [0.1, 0.15) is 5.56 Å². The molecule has 0 aliphatic rings. The maximum absolute atomic E-state index is 13.7. The first kappa shape index (κ1) is 13.0. The van der Waals surface area contributed by atoms with Crippen LogP contribution in [-0.4, -0.2) is 4.98 Å². The van der Waals surface area contributed by atoms with E-state index in [9.17, 15) is 8.78 Å². The molecular weight excluding hydrogens is 274 g/mol. The number of halogens is 2. The number of hydrogen-bond acceptors (Lipinski definition) is 3. The SMILES string of the molecule is N#Cc1cnc2ccccc2c1Oc1cc(F)ccc1F. The van der Waals surface area contributed by atoms with Crippen molar-refractivity contribution >= 4 is 10.9 Å². The highest BCUT2D eigenvalue weighted by atomic mass is 19.1. The van der Waals surface area contributed by atoms with Gasteiger partial charge in [0.25, 0.3) is 0 Å². The highest BCUT2D eigenvalue weighted by molar-refractivity contribution is 5.87. The number of rotatable bonds is 2. The first-order valence-electron chi connectivity index (χ1n) is 6.10. The Morgan fingerprint density at radius 1 is 1.10 bits per heavy atom. The Hall–Kier alpha value is -3.00. The molecule has 3 nitrogen and oxygen atoms in total. The minimum atomic E-state index is -0.707. The van der Waals surface area contributed by atoms with Gasteiger partial charge in [-0.15, -0.1) is 0 Å². The number of para-hydroxylation sites is 1. The molecule has 0 spiro atoms. The van der Waals surface area contributed by atoms with Gasteiger partial charge in [-0.3, -0.25) is 4.98 Å². The smallest absolute Gasteiger partial charge is 0.166 e. The van der Waals surface area contributed by atoms with Gasteiger partial charge < -0.3 is 4.74 Å². The monoisotopic (exact) mass is 282 g/mol. The topological polar surface area (TPSA) is 45.9 Å². The number of nitriles is 1. The van der Waals surface area contributed by atoms with Crippen LogP contribution in [0.25, 0.3) is 10.9 Å². The second-order valence-electron chi connectivity index (χ2n) is 4.31. The van der Waals surface area contributed by atoms with Crippen molar-refractivity contribution in [3.63, 3.8) is 0 Å². The second-order valence-corrected chi connectivity index (χ2v) is 4.31. The molecular formula is C16H8F2N2O. The van der Waals surface area contributed by atoms with Gasteiger partial charge in [-0.1, -0.05) is 12.1 Å². The summed E-state index contributed by atoms with van der Waals surface area (Å²) in [6.45, 7) is 0. The van der Waals surface area contributed by atoms with E-state index in [-0.39, 0.29) is 17.1 Å². The van der Waals surface area contributed by atoms with Gasteiger partial charge in [0.2, 0.25) is 0 Å². The lowest BCUT2D eigenvalue weighted by atomic mass is 10.1. The zero-order valence-corrected chi connectivity index (χ0v) is 10.7. The molecule has 5 heteroatoms. The molecule has 0 amide bonds. The van der Waals surface area contributed by atoms with E-state index in [4.69, 9.17) is 10.00 Å². The lowest BCUT2D eigenvalue weighted by Crippen LogP contribution is -1.95. The summed E-state index contributed by atoms with van der Waals surface area (Å²) in [6, 6.07) is 11.8. The Kier molecular flexibility index (Phi) is 3.20. The zero-order chi connectivity index (χ0) is 14.8. The summed E-state index contributed by atoms with van der Waals surface area (Å²) in [5.74, 6) is -1.44. The minimum absolute atomic E-state index is 0.150. The highest BCUT2D eigenvalue weighted by Gasteiger charge is 2.14. The molecule has 0 unspecified atom stereocenters. The van der Waals surface area contributed by atoms with Crippen LogP contribution in [-0.2, 0) is 0 Å². The van der Waals surface area contributed by atoms with Gasteiger partial charge in [-0.05, 0) is 24.3 Å². The molecule has 102 valence electrons. The fourth-order valence-corrected chi connectivity index (χ4v) is 1.97. The largest absolute Gasteiger partial charge is 0.452 e. The molecule has 0 aliphatic heterocycles. The zero-order valence-electron chi connectivity index (χ0n) is 10.7. The fourth-order valence-electron chi connectivity index (χ4n) is 1.97. The Bertz CT molecular complexity index is 872. The molecule has 0 saturated carbocycles. The van der Waals surface area contributed by atoms with Gasteiger partial charge >= 0.3 is 0 Å². The summed E-state index contributed by atoms with van der Waals surface area (Å²) < 4.78 is 32.4. The van der Waals surface area contributed by atoms with Crippen LogP contribution in [0.15, 0.2) is 48.7 Å². The number of pyridine rings is 1. The van der Waals surface area contributed by atoms with Gasteiger partial charge in [0, 0.05) is 17.6 Å². The second kappa shape index (κ2) is 5.17. The first-order valence-corrected chi connectivity index (χ1v) is 6.10. The van der Waals surface area contributed by atoms with Crippen LogP contribution in [0.2, 0.25) is 0 Å². The van der Waals surface area contributed by atoms with Gasteiger partial charge in [0.15, 0.2) is 17.3 Å². The van der Waals surface area contributed by atoms with Crippen LogP contribution in [0.4, 0.5) is 8.78 Å². The van der Waals surface area contributed by atoms with Gasteiger partial charge in [-0.25, -0.2) is 8.78 Å². The van der Waals surface area contributed by atoms with Gasteiger partial charge in [0.05, 0.1) is 5.52 Å². The maximum Gasteiger partial charge on any atom is 0.166 e. The predicted octanol–water partition coefficient (Wildman–Crippen LogP) is 4.18. The summed E-state index contributed by atoms with van der Waals surface area (Å²) in [6.07, 6.45) is 1.34. The fraction of sp³-hybridized carbons (Fsp3) is 0. The number of benzene rings is 2. The van der Waals surface area contributed by atoms with E-state index < -0.39 is 11.6 Å². The van der Waals surface area contributed by atoms with E-state index in [1.807, 2.05) is 6.07 Å². The maximum atomic E-state index is 13.7. The number of ether oxygens (including phenoxy) is 1. The molecule has 0 N–H and O–H groups in total. The van der Waals surface area contributed by atoms with Crippen molar-refractivity contribution in [2.24, 2.45) is 0 Å². The van der Waals surface area contributed by atoms with E-state index in [1.54, 1.807) is 24.3 Å². The minimum Gasteiger partial charge on any atom is -0.452 e. The third kappa shape index (κ3) is 2.39. The molecule has 3 rings (SSSR count). The number of aromatic nitrogens is 1. The summed E-state index contributed by atoms with van der Waals surface area (Å²) in [5.41, 5.74) is 0.751. The summed E-state index contributed by atoms with van der Waals surface area (Å²) >= 11 is 0. The molecule has 0 saturated heterocycles. The van der Waals surface area contributed by atoms with Crippen molar-refractivity contribution in [1.82, 2.24) is 4.98 Å². The number of nitrogens with zero attached hydrogens (tertiary/aromatic N) is 2. The van der Waals surface area contributed by atoms with Crippen molar-refractivity contribution in [2.75, 3.05) is 0 Å². The normalized spacial score (nSPS) is 10.3. The van der Waals surface area contributed by atoms with Crippen molar-refractivity contribution in [2.45, 2.75) is 0 Å². The van der Waals surface area contributed by atoms with Gasteiger partial charge in [0.1, 0.15) is 17.4 Å². The lowest BCUT2D eigenvalue weighted by molar-refractivity contribution is 0.439. The Labute approximate surface area is 119 Å². The molecule has 0 aliphatic carbocycles. The van der Waals surface area contributed by atoms with Crippen molar-refractivity contribution in [3.05, 3.63) is 65.9 Å². The number of fused-ring (bicyclic) bond motifs is 1. The van der Waals surface area contributed by atoms with Crippen LogP contribution in [0, 0.1) is 23.0 Å². The van der Waals surface area contributed by atoms with E-state index in [2.05, 4.69) is 4.98 Å². The van der Waals surface area contributed by atoms with E-state index >= 15 is 0 Å². The lowest BCUT2D eigenvalue weighted by Gasteiger charge is -2.11. The van der Waals surface area contributed by atoms with Crippen molar-refractivity contribution in [1.29, 1.82) is 5.26 Å². The van der Waals surface area contributed by atoms with E-state index in [0.717, 1.165) is 18.2 Å². The Morgan fingerprint density at radius 3 is 2.71 bits per heavy atom. The third-order valence-electron chi connectivity index (χ3n) is 2.95. The molecule has 2 aromatic carbocycles. The molecule has 0 bridgehead atoms. The molecule has 0 atom stereocenters. The quantitative estimate of drug-likeness (QED) is 0.708. The third-order valence-corrected chi connectivity index (χ3v) is 2.95. The predicted molar refractivity (Wildman–Crippen MR) is 72.9 cm³/mol. The van der Waals surface area contributed by atoms with E-state index in [0.29, 0.717) is 10.9 Å². The number of hydrogen-bond donors (Lipinski definition) is 0. The van der Waals surface area contributed by atoms with Crippen LogP contribution in [0.3, 0.4) is 0 Å². The first-order chi connectivity index (χ1) is 10.2. The molecule has 0 radical (unpaired) electrons. The Morgan fingerprint density at radius 2 is 1.90 bits per heavy atom.